The number of Topliss-reactive ketones (excluding diaryl/α,β-unsaturated/α-hetero) is 1. The fourth-order valence-corrected chi connectivity index (χ4v) is 2.25. The lowest BCUT2D eigenvalue weighted by Gasteiger charge is -2.13. The molecule has 1 aliphatic carbocycles. The van der Waals surface area contributed by atoms with Crippen molar-refractivity contribution in [1.29, 1.82) is 0 Å². The van der Waals surface area contributed by atoms with Crippen molar-refractivity contribution >= 4 is 5.78 Å². The maximum Gasteiger partial charge on any atom is 0.140 e. The molecule has 1 unspecified atom stereocenters. The Morgan fingerprint density at radius 2 is 2.20 bits per heavy atom. The van der Waals surface area contributed by atoms with Crippen LogP contribution in [0.5, 0.6) is 5.75 Å². The number of carbonyl (C=O) groups excluding carboxylic acids is 1. The van der Waals surface area contributed by atoms with Crippen LogP contribution in [0.1, 0.15) is 36.3 Å². The van der Waals surface area contributed by atoms with E-state index in [0.29, 0.717) is 5.78 Å². The van der Waals surface area contributed by atoms with Gasteiger partial charge in [0.25, 0.3) is 0 Å². The molecule has 0 aliphatic heterocycles. The van der Waals surface area contributed by atoms with Gasteiger partial charge in [0.2, 0.25) is 0 Å². The fraction of sp³-hybridized carbons (Fsp3) is 0.462. The molecule has 1 atom stereocenters. The molecular weight excluding hydrogens is 188 g/mol. The second-order valence-electron chi connectivity index (χ2n) is 4.16. The minimum Gasteiger partial charge on any atom is -0.496 e. The van der Waals surface area contributed by atoms with E-state index in [1.807, 2.05) is 25.1 Å². The number of ketones is 1. The lowest BCUT2D eigenvalue weighted by Crippen LogP contribution is -2.06. The van der Waals surface area contributed by atoms with Crippen LogP contribution in [0.25, 0.3) is 0 Å². The molecule has 2 nitrogen and oxygen atoms in total. The summed E-state index contributed by atoms with van der Waals surface area (Å²) >= 11 is 0. The quantitative estimate of drug-likeness (QED) is 0.740. The first-order valence-corrected chi connectivity index (χ1v) is 5.39. The number of rotatable bonds is 2. The van der Waals surface area contributed by atoms with Gasteiger partial charge in [0.05, 0.1) is 7.11 Å². The Morgan fingerprint density at radius 3 is 2.80 bits per heavy atom. The van der Waals surface area contributed by atoms with Gasteiger partial charge in [0.15, 0.2) is 0 Å². The highest BCUT2D eigenvalue weighted by Crippen LogP contribution is 2.36. The van der Waals surface area contributed by atoms with Gasteiger partial charge < -0.3 is 4.74 Å². The number of aryl methyl sites for hydroxylation is 1. The third kappa shape index (κ3) is 1.89. The Labute approximate surface area is 90.3 Å². The Morgan fingerprint density at radius 1 is 1.40 bits per heavy atom. The predicted octanol–water partition coefficient (Wildman–Crippen LogP) is 2.84. The molecule has 1 aliphatic rings. The minimum absolute atomic E-state index is 0.0700. The second kappa shape index (κ2) is 4.05. The van der Waals surface area contributed by atoms with E-state index in [1.54, 1.807) is 7.11 Å². The zero-order valence-electron chi connectivity index (χ0n) is 9.25. The van der Waals surface area contributed by atoms with Crippen LogP contribution in [0, 0.1) is 6.92 Å². The highest BCUT2D eigenvalue weighted by molar-refractivity contribution is 5.88. The number of carbonyl (C=O) groups is 1. The molecular formula is C13H16O2. The molecule has 0 aromatic heterocycles. The second-order valence-corrected chi connectivity index (χ2v) is 4.16. The van der Waals surface area contributed by atoms with Crippen molar-refractivity contribution in [3.63, 3.8) is 0 Å². The average molecular weight is 204 g/mol. The third-order valence-corrected chi connectivity index (χ3v) is 3.07. The monoisotopic (exact) mass is 204 g/mol. The van der Waals surface area contributed by atoms with Crippen LogP contribution >= 0.6 is 0 Å². The molecule has 15 heavy (non-hydrogen) atoms. The maximum absolute atomic E-state index is 11.7. The Balaban J connectivity index is 2.38. The van der Waals surface area contributed by atoms with Gasteiger partial charge >= 0.3 is 0 Å². The molecule has 1 aromatic carbocycles. The standard InChI is InChI=1S/C13H16O2/c1-9-6-7-11(13(8-9)15-2)10-4-3-5-12(10)14/h6-8,10H,3-5H2,1-2H3. The van der Waals surface area contributed by atoms with Gasteiger partial charge in [-0.1, -0.05) is 12.1 Å². The van der Waals surface area contributed by atoms with Gasteiger partial charge in [-0.25, -0.2) is 0 Å². The third-order valence-electron chi connectivity index (χ3n) is 3.07. The van der Waals surface area contributed by atoms with Crippen molar-refractivity contribution in [3.8, 4) is 5.75 Å². The van der Waals surface area contributed by atoms with Crippen molar-refractivity contribution in [2.75, 3.05) is 7.11 Å². The van der Waals surface area contributed by atoms with Crippen molar-refractivity contribution in [2.24, 2.45) is 0 Å². The molecule has 0 N–H and O–H groups in total. The predicted molar refractivity (Wildman–Crippen MR) is 59.3 cm³/mol. The van der Waals surface area contributed by atoms with Crippen LogP contribution in [0.15, 0.2) is 18.2 Å². The molecule has 1 aromatic rings. The van der Waals surface area contributed by atoms with Gasteiger partial charge in [-0.05, 0) is 31.4 Å². The molecule has 1 saturated carbocycles. The molecule has 0 bridgehead atoms. The lowest BCUT2D eigenvalue weighted by atomic mass is 9.95. The van der Waals surface area contributed by atoms with Crippen molar-refractivity contribution < 1.29 is 9.53 Å². The summed E-state index contributed by atoms with van der Waals surface area (Å²) in [6.45, 7) is 2.03. The van der Waals surface area contributed by atoms with Crippen LogP contribution in [-0.4, -0.2) is 12.9 Å². The summed E-state index contributed by atoms with van der Waals surface area (Å²) in [6.07, 6.45) is 2.71. The summed E-state index contributed by atoms with van der Waals surface area (Å²) in [5, 5.41) is 0. The Hall–Kier alpha value is -1.31. The summed E-state index contributed by atoms with van der Waals surface area (Å²) in [5.41, 5.74) is 2.23. The number of hydrogen-bond acceptors (Lipinski definition) is 2. The summed E-state index contributed by atoms with van der Waals surface area (Å²) in [4.78, 5) is 11.7. The van der Waals surface area contributed by atoms with Crippen LogP contribution in [0.4, 0.5) is 0 Å². The average Bonchev–Trinajstić information content (AvgIpc) is 2.64. The maximum atomic E-state index is 11.7. The fourth-order valence-electron chi connectivity index (χ4n) is 2.25. The SMILES string of the molecule is COc1cc(C)ccc1C1CCCC1=O. The van der Waals surface area contributed by atoms with E-state index >= 15 is 0 Å². The number of ether oxygens (including phenoxy) is 1. The molecule has 1 fully saturated rings. The number of methoxy groups -OCH3 is 1. The molecule has 0 radical (unpaired) electrons. The smallest absolute Gasteiger partial charge is 0.140 e. The molecule has 0 spiro atoms. The zero-order valence-corrected chi connectivity index (χ0v) is 9.25. The van der Waals surface area contributed by atoms with Gasteiger partial charge in [-0.3, -0.25) is 4.79 Å². The number of hydrogen-bond donors (Lipinski definition) is 0. The highest BCUT2D eigenvalue weighted by atomic mass is 16.5. The summed E-state index contributed by atoms with van der Waals surface area (Å²) in [5.74, 6) is 1.29. The van der Waals surface area contributed by atoms with Crippen molar-refractivity contribution in [1.82, 2.24) is 0 Å². The van der Waals surface area contributed by atoms with Gasteiger partial charge in [0, 0.05) is 17.9 Å². The van der Waals surface area contributed by atoms with Gasteiger partial charge in [-0.2, -0.15) is 0 Å². The molecule has 0 amide bonds. The van der Waals surface area contributed by atoms with E-state index in [4.69, 9.17) is 4.74 Å². The Bertz CT molecular complexity index is 382. The first-order valence-electron chi connectivity index (χ1n) is 5.39. The topological polar surface area (TPSA) is 26.3 Å². The zero-order chi connectivity index (χ0) is 10.8. The van der Waals surface area contributed by atoms with Crippen molar-refractivity contribution in [3.05, 3.63) is 29.3 Å². The van der Waals surface area contributed by atoms with Crippen LogP contribution in [-0.2, 0) is 4.79 Å². The lowest BCUT2D eigenvalue weighted by molar-refractivity contribution is -0.118. The highest BCUT2D eigenvalue weighted by Gasteiger charge is 2.28. The molecule has 2 rings (SSSR count). The number of benzene rings is 1. The van der Waals surface area contributed by atoms with E-state index in [9.17, 15) is 4.79 Å². The Kier molecular flexibility index (Phi) is 2.76. The molecule has 0 heterocycles. The normalized spacial score (nSPS) is 20.7. The van der Waals surface area contributed by atoms with E-state index in [2.05, 4.69) is 0 Å². The van der Waals surface area contributed by atoms with Crippen LogP contribution in [0.2, 0.25) is 0 Å². The largest absolute Gasteiger partial charge is 0.496 e. The minimum atomic E-state index is 0.0700. The van der Waals surface area contributed by atoms with E-state index < -0.39 is 0 Å². The van der Waals surface area contributed by atoms with Crippen LogP contribution in [0.3, 0.4) is 0 Å². The summed E-state index contributed by atoms with van der Waals surface area (Å²) in [6, 6.07) is 6.08. The van der Waals surface area contributed by atoms with E-state index in [1.165, 1.54) is 5.56 Å². The summed E-state index contributed by atoms with van der Waals surface area (Å²) in [7, 11) is 1.66. The van der Waals surface area contributed by atoms with Crippen molar-refractivity contribution in [2.45, 2.75) is 32.1 Å². The first-order chi connectivity index (χ1) is 7.22. The van der Waals surface area contributed by atoms with Crippen LogP contribution < -0.4 is 4.74 Å². The van der Waals surface area contributed by atoms with Gasteiger partial charge in [0.1, 0.15) is 11.5 Å². The molecule has 0 saturated heterocycles. The first kappa shape index (κ1) is 10.2. The molecule has 2 heteroatoms. The van der Waals surface area contributed by atoms with Gasteiger partial charge in [-0.15, -0.1) is 0 Å². The van der Waals surface area contributed by atoms with E-state index in [0.717, 1.165) is 30.6 Å². The van der Waals surface area contributed by atoms with E-state index in [-0.39, 0.29) is 5.92 Å². The molecule has 80 valence electrons. The summed E-state index contributed by atoms with van der Waals surface area (Å²) < 4.78 is 5.33.